The summed E-state index contributed by atoms with van der Waals surface area (Å²) in [4.78, 5) is 24.0. The van der Waals surface area contributed by atoms with Crippen LogP contribution in [0.25, 0.3) is 6.08 Å². The summed E-state index contributed by atoms with van der Waals surface area (Å²) in [7, 11) is -1.16. The van der Waals surface area contributed by atoms with Gasteiger partial charge in [-0.2, -0.15) is 0 Å². The summed E-state index contributed by atoms with van der Waals surface area (Å²) < 4.78 is 21.3. The van der Waals surface area contributed by atoms with E-state index in [1.165, 1.54) is 25.0 Å². The molecule has 0 N–H and O–H groups in total. The van der Waals surface area contributed by atoms with Gasteiger partial charge in [0.05, 0.1) is 13.2 Å². The lowest BCUT2D eigenvalue weighted by Gasteiger charge is -2.17. The van der Waals surface area contributed by atoms with Crippen LogP contribution in [0, 0.1) is 0 Å². The molecule has 1 aromatic rings. The molecule has 1 saturated heterocycles. The minimum absolute atomic E-state index is 0.127. The molecule has 2 rings (SSSR count). The molecule has 7 heteroatoms. The fourth-order valence-electron chi connectivity index (χ4n) is 2.71. The van der Waals surface area contributed by atoms with Gasteiger partial charge < -0.3 is 18.6 Å². The van der Waals surface area contributed by atoms with E-state index in [0.717, 1.165) is 6.61 Å². The van der Waals surface area contributed by atoms with Gasteiger partial charge in [-0.25, -0.2) is 9.59 Å². The molecule has 0 radical (unpaired) electrons. The predicted octanol–water partition coefficient (Wildman–Crippen LogP) is 3.20. The monoisotopic (exact) mass is 404 g/mol. The number of carbonyl (C=O) groups excluding carboxylic acids is 2. The van der Waals surface area contributed by atoms with Gasteiger partial charge >= 0.3 is 11.9 Å². The number of hydrogen-bond donors (Lipinski definition) is 0. The summed E-state index contributed by atoms with van der Waals surface area (Å²) in [6, 6.07) is 8.33. The number of carbonyl (C=O) groups is 2. The van der Waals surface area contributed by atoms with Crippen LogP contribution in [0.4, 0.5) is 0 Å². The van der Waals surface area contributed by atoms with Gasteiger partial charge in [-0.1, -0.05) is 30.3 Å². The molecule has 0 spiro atoms. The van der Waals surface area contributed by atoms with E-state index >= 15 is 0 Å². The van der Waals surface area contributed by atoms with Gasteiger partial charge in [0.15, 0.2) is 0 Å². The van der Waals surface area contributed by atoms with E-state index in [1.54, 1.807) is 38.1 Å². The van der Waals surface area contributed by atoms with Crippen LogP contribution in [-0.2, 0) is 23.5 Å². The number of ether oxygens (including phenoxy) is 3. The fraction of sp³-hybridized carbons (Fsp3) is 0.429. The molecule has 1 aromatic carbocycles. The Morgan fingerprint density at radius 3 is 2.32 bits per heavy atom. The van der Waals surface area contributed by atoms with Gasteiger partial charge in [0.25, 0.3) is 0 Å². The Hall–Kier alpha value is -2.38. The predicted molar refractivity (Wildman–Crippen MR) is 109 cm³/mol. The normalized spacial score (nSPS) is 16.4. The van der Waals surface area contributed by atoms with Crippen LogP contribution in [0.3, 0.4) is 0 Å². The standard InChI is InChI=1S/C21H28O6Si/c1-3-24-20(22)19(21(23)25-4-2)16-17-8-10-18(11-9-17)26-12-7-15-28-14-6-5-13-27-28/h7-11,15-16,28H,3-6,12-14H2,1-2H3. The molecular formula is C21H28O6Si. The average Bonchev–Trinajstić information content (AvgIpc) is 2.71. The fourth-order valence-corrected chi connectivity index (χ4v) is 4.76. The summed E-state index contributed by atoms with van der Waals surface area (Å²) >= 11 is 0. The molecule has 0 amide bonds. The third kappa shape index (κ3) is 7.32. The lowest BCUT2D eigenvalue weighted by atomic mass is 10.1. The van der Waals surface area contributed by atoms with E-state index in [9.17, 15) is 9.59 Å². The van der Waals surface area contributed by atoms with Crippen molar-refractivity contribution in [2.45, 2.75) is 32.7 Å². The SMILES string of the molecule is CCOC(=O)C(=Cc1ccc(OCC=C[SiH]2CCCCO2)cc1)C(=O)OCC. The quantitative estimate of drug-likeness (QED) is 0.207. The van der Waals surface area contributed by atoms with Gasteiger partial charge in [-0.3, -0.25) is 0 Å². The second-order valence-electron chi connectivity index (χ2n) is 6.21. The average molecular weight is 405 g/mol. The van der Waals surface area contributed by atoms with Gasteiger partial charge in [-0.15, -0.1) is 0 Å². The van der Waals surface area contributed by atoms with Crippen LogP contribution in [0.5, 0.6) is 5.75 Å². The first kappa shape index (κ1) is 21.9. The Kier molecular flexibility index (Phi) is 9.51. The van der Waals surface area contributed by atoms with Crippen LogP contribution < -0.4 is 4.74 Å². The van der Waals surface area contributed by atoms with Gasteiger partial charge in [0.1, 0.15) is 17.9 Å². The van der Waals surface area contributed by atoms with Crippen LogP contribution >= 0.6 is 0 Å². The Morgan fingerprint density at radius 2 is 1.75 bits per heavy atom. The van der Waals surface area contributed by atoms with Crippen LogP contribution in [0.2, 0.25) is 6.04 Å². The zero-order valence-corrected chi connectivity index (χ0v) is 17.7. The molecule has 1 unspecified atom stereocenters. The van der Waals surface area contributed by atoms with Crippen molar-refractivity contribution < 1.29 is 28.2 Å². The summed E-state index contributed by atoms with van der Waals surface area (Å²) in [5.74, 6) is -0.678. The first-order valence-corrected chi connectivity index (χ1v) is 11.7. The van der Waals surface area contributed by atoms with Crippen molar-refractivity contribution in [1.82, 2.24) is 0 Å². The van der Waals surface area contributed by atoms with Gasteiger partial charge in [-0.05, 0) is 50.1 Å². The van der Waals surface area contributed by atoms with Crippen molar-refractivity contribution in [2.75, 3.05) is 26.4 Å². The number of rotatable bonds is 9. The largest absolute Gasteiger partial charge is 0.490 e. The molecule has 1 fully saturated rings. The Labute approximate surface area is 167 Å². The topological polar surface area (TPSA) is 71.1 Å². The zero-order valence-electron chi connectivity index (χ0n) is 16.5. The van der Waals surface area contributed by atoms with Crippen molar-refractivity contribution >= 4 is 27.1 Å². The van der Waals surface area contributed by atoms with Crippen LogP contribution in [-0.4, -0.2) is 47.4 Å². The van der Waals surface area contributed by atoms with E-state index in [4.69, 9.17) is 18.6 Å². The van der Waals surface area contributed by atoms with Gasteiger partial charge in [0, 0.05) is 6.61 Å². The summed E-state index contributed by atoms with van der Waals surface area (Å²) in [6.07, 6.45) is 5.92. The van der Waals surface area contributed by atoms with Crippen molar-refractivity contribution in [3.63, 3.8) is 0 Å². The Balaban J connectivity index is 1.94. The van der Waals surface area contributed by atoms with E-state index < -0.39 is 21.0 Å². The number of benzene rings is 1. The highest BCUT2D eigenvalue weighted by atomic mass is 28.3. The second kappa shape index (κ2) is 12.1. The maximum absolute atomic E-state index is 12.0. The lowest BCUT2D eigenvalue weighted by molar-refractivity contribution is -0.146. The van der Waals surface area contributed by atoms with Crippen molar-refractivity contribution in [3.05, 3.63) is 47.2 Å². The van der Waals surface area contributed by atoms with E-state index in [1.807, 2.05) is 6.08 Å². The highest BCUT2D eigenvalue weighted by Gasteiger charge is 2.20. The molecule has 0 bridgehead atoms. The summed E-state index contributed by atoms with van der Waals surface area (Å²) in [5, 5.41) is 0. The molecule has 0 aromatic heterocycles. The van der Waals surface area contributed by atoms with Crippen LogP contribution in [0.1, 0.15) is 32.3 Å². The maximum Gasteiger partial charge on any atom is 0.345 e. The van der Waals surface area contributed by atoms with Crippen LogP contribution in [0.15, 0.2) is 41.6 Å². The Bertz CT molecular complexity index is 669. The molecule has 1 aliphatic heterocycles. The molecule has 1 aliphatic rings. The highest BCUT2D eigenvalue weighted by molar-refractivity contribution is 6.57. The highest BCUT2D eigenvalue weighted by Crippen LogP contribution is 2.16. The van der Waals surface area contributed by atoms with Gasteiger partial charge in [0.2, 0.25) is 9.04 Å². The van der Waals surface area contributed by atoms with E-state index in [2.05, 4.69) is 5.70 Å². The zero-order chi connectivity index (χ0) is 20.2. The molecule has 1 atom stereocenters. The molecular weight excluding hydrogens is 376 g/mol. The molecule has 0 saturated carbocycles. The third-order valence-corrected chi connectivity index (χ3v) is 6.44. The molecule has 1 heterocycles. The summed E-state index contributed by atoms with van der Waals surface area (Å²) in [6.45, 7) is 5.11. The molecule has 152 valence electrons. The van der Waals surface area contributed by atoms with Crippen molar-refractivity contribution in [2.24, 2.45) is 0 Å². The minimum Gasteiger partial charge on any atom is -0.490 e. The Morgan fingerprint density at radius 1 is 1.07 bits per heavy atom. The molecule has 6 nitrogen and oxygen atoms in total. The number of hydrogen-bond acceptors (Lipinski definition) is 6. The maximum atomic E-state index is 12.0. The smallest absolute Gasteiger partial charge is 0.345 e. The molecule has 28 heavy (non-hydrogen) atoms. The summed E-state index contributed by atoms with van der Waals surface area (Å²) in [5.41, 5.74) is 2.74. The molecule has 0 aliphatic carbocycles. The van der Waals surface area contributed by atoms with Crippen molar-refractivity contribution in [3.8, 4) is 5.75 Å². The van der Waals surface area contributed by atoms with E-state index in [0.29, 0.717) is 17.9 Å². The van der Waals surface area contributed by atoms with Crippen molar-refractivity contribution in [1.29, 1.82) is 0 Å². The minimum atomic E-state index is -1.16. The first-order chi connectivity index (χ1) is 13.6. The lowest BCUT2D eigenvalue weighted by Crippen LogP contribution is -2.21. The van der Waals surface area contributed by atoms with E-state index in [-0.39, 0.29) is 18.8 Å². The number of esters is 2. The third-order valence-electron chi connectivity index (χ3n) is 4.09. The first-order valence-electron chi connectivity index (χ1n) is 9.71. The second-order valence-corrected chi connectivity index (χ2v) is 8.58.